The maximum Gasteiger partial charge on any atom is 0.183 e. The molecule has 0 radical (unpaired) electrons. The number of hydrogen-bond acceptors (Lipinski definition) is 4. The molecule has 1 aromatic carbocycles. The van der Waals surface area contributed by atoms with Crippen molar-refractivity contribution >= 4 is 16.5 Å². The summed E-state index contributed by atoms with van der Waals surface area (Å²) in [7, 11) is 0. The molecule has 2 aromatic rings. The first-order valence-corrected chi connectivity index (χ1v) is 7.44. The minimum absolute atomic E-state index is 0.159. The van der Waals surface area contributed by atoms with E-state index in [-0.39, 0.29) is 11.7 Å². The summed E-state index contributed by atoms with van der Waals surface area (Å²) in [6.45, 7) is 6.21. The van der Waals surface area contributed by atoms with Crippen molar-refractivity contribution in [2.24, 2.45) is 5.92 Å². The number of thiazole rings is 1. The monoisotopic (exact) mass is 294 g/mol. The van der Waals surface area contributed by atoms with Crippen LogP contribution in [0.15, 0.2) is 29.6 Å². The first kappa shape index (κ1) is 14.9. The third-order valence-electron chi connectivity index (χ3n) is 3.49. The van der Waals surface area contributed by atoms with Gasteiger partial charge in [0, 0.05) is 17.5 Å². The number of halogens is 1. The summed E-state index contributed by atoms with van der Waals surface area (Å²) in [5.74, 6) is -0.0955. The van der Waals surface area contributed by atoms with Crippen molar-refractivity contribution in [1.29, 1.82) is 0 Å². The molecule has 0 amide bonds. The molecule has 1 heterocycles. The van der Waals surface area contributed by atoms with Gasteiger partial charge in [0.1, 0.15) is 5.82 Å². The lowest BCUT2D eigenvalue weighted by Crippen LogP contribution is -2.38. The second-order valence-electron chi connectivity index (χ2n) is 5.41. The van der Waals surface area contributed by atoms with Crippen LogP contribution >= 0.6 is 11.3 Å². The predicted molar refractivity (Wildman–Crippen MR) is 81.5 cm³/mol. The highest BCUT2D eigenvalue weighted by Gasteiger charge is 2.24. The third-order valence-corrected chi connectivity index (χ3v) is 4.29. The van der Waals surface area contributed by atoms with E-state index in [0.717, 1.165) is 16.4 Å². The lowest BCUT2D eigenvalue weighted by Gasteiger charge is -2.27. The lowest BCUT2D eigenvalue weighted by molar-refractivity contribution is 0.0266. The number of nitrogens with zero attached hydrogens (tertiary/aromatic N) is 1. The molecule has 0 aliphatic heterocycles. The van der Waals surface area contributed by atoms with Gasteiger partial charge in [-0.05, 0) is 37.1 Å². The van der Waals surface area contributed by atoms with E-state index < -0.39 is 5.60 Å². The van der Waals surface area contributed by atoms with Crippen LogP contribution in [0.25, 0.3) is 11.3 Å². The largest absolute Gasteiger partial charge is 0.388 e. The minimum Gasteiger partial charge on any atom is -0.388 e. The first-order valence-electron chi connectivity index (χ1n) is 6.56. The van der Waals surface area contributed by atoms with E-state index in [1.54, 1.807) is 19.1 Å². The highest BCUT2D eigenvalue weighted by atomic mass is 32.1. The summed E-state index contributed by atoms with van der Waals surface area (Å²) in [6, 6.07) is 6.26. The van der Waals surface area contributed by atoms with Gasteiger partial charge in [0.05, 0.1) is 11.3 Å². The molecule has 20 heavy (non-hydrogen) atoms. The lowest BCUT2D eigenvalue weighted by atomic mass is 9.93. The van der Waals surface area contributed by atoms with Gasteiger partial charge in [-0.3, -0.25) is 0 Å². The fraction of sp³-hybridized carbons (Fsp3) is 0.400. The van der Waals surface area contributed by atoms with Crippen LogP contribution in [0, 0.1) is 11.7 Å². The number of hydrogen-bond donors (Lipinski definition) is 2. The minimum atomic E-state index is -0.776. The van der Waals surface area contributed by atoms with Crippen LogP contribution in [0.2, 0.25) is 0 Å². The molecule has 5 heteroatoms. The second kappa shape index (κ2) is 5.89. The van der Waals surface area contributed by atoms with Crippen molar-refractivity contribution in [3.63, 3.8) is 0 Å². The van der Waals surface area contributed by atoms with Crippen molar-refractivity contribution < 1.29 is 9.50 Å². The Morgan fingerprint density at radius 3 is 2.60 bits per heavy atom. The molecule has 1 atom stereocenters. The summed E-state index contributed by atoms with van der Waals surface area (Å²) in [4.78, 5) is 4.45. The zero-order valence-corrected chi connectivity index (χ0v) is 12.7. The summed E-state index contributed by atoms with van der Waals surface area (Å²) in [5.41, 5.74) is 0.912. The Hall–Kier alpha value is -1.46. The Bertz CT molecular complexity index is 564. The average Bonchev–Trinajstić information content (AvgIpc) is 2.86. The fourth-order valence-electron chi connectivity index (χ4n) is 1.57. The number of benzene rings is 1. The topological polar surface area (TPSA) is 45.1 Å². The Morgan fingerprint density at radius 2 is 2.00 bits per heavy atom. The molecule has 0 fully saturated rings. The molecule has 1 unspecified atom stereocenters. The maximum absolute atomic E-state index is 12.9. The standard InChI is InChI=1S/C15H19FN2OS/c1-10(2)15(3,19)9-17-14-18-13(8-20-14)11-4-6-12(16)7-5-11/h4-8,10,19H,9H2,1-3H3,(H,17,18). The van der Waals surface area contributed by atoms with Gasteiger partial charge in [-0.15, -0.1) is 11.3 Å². The van der Waals surface area contributed by atoms with Crippen molar-refractivity contribution in [2.75, 3.05) is 11.9 Å². The Morgan fingerprint density at radius 1 is 1.35 bits per heavy atom. The Labute approximate surface area is 122 Å². The summed E-state index contributed by atoms with van der Waals surface area (Å²) in [6.07, 6.45) is 0. The van der Waals surface area contributed by atoms with E-state index in [1.807, 2.05) is 19.2 Å². The van der Waals surface area contributed by atoms with Crippen LogP contribution in [0.3, 0.4) is 0 Å². The normalized spacial score (nSPS) is 14.3. The molecule has 0 bridgehead atoms. The van der Waals surface area contributed by atoms with Crippen LogP contribution in [0.4, 0.5) is 9.52 Å². The van der Waals surface area contributed by atoms with Gasteiger partial charge in [-0.25, -0.2) is 9.37 Å². The summed E-state index contributed by atoms with van der Waals surface area (Å²) in [5, 5.41) is 16.0. The molecular weight excluding hydrogens is 275 g/mol. The van der Waals surface area contributed by atoms with E-state index in [0.29, 0.717) is 6.54 Å². The van der Waals surface area contributed by atoms with Crippen molar-refractivity contribution in [3.8, 4) is 11.3 Å². The Kier molecular flexibility index (Phi) is 4.40. The highest BCUT2D eigenvalue weighted by Crippen LogP contribution is 2.26. The smallest absolute Gasteiger partial charge is 0.183 e. The molecule has 1 aromatic heterocycles. The molecule has 2 rings (SSSR count). The third kappa shape index (κ3) is 3.55. The van der Waals surface area contributed by atoms with Crippen LogP contribution in [-0.4, -0.2) is 22.2 Å². The molecule has 0 aliphatic carbocycles. The molecule has 2 N–H and O–H groups in total. The maximum atomic E-state index is 12.9. The molecule has 108 valence electrons. The summed E-state index contributed by atoms with van der Waals surface area (Å²) < 4.78 is 12.9. The van der Waals surface area contributed by atoms with Gasteiger partial charge < -0.3 is 10.4 Å². The number of anilines is 1. The van der Waals surface area contributed by atoms with Gasteiger partial charge in [-0.2, -0.15) is 0 Å². The number of aromatic nitrogens is 1. The Balaban J connectivity index is 2.04. The van der Waals surface area contributed by atoms with E-state index in [9.17, 15) is 9.50 Å². The molecular formula is C15H19FN2OS. The fourth-order valence-corrected chi connectivity index (χ4v) is 2.29. The van der Waals surface area contributed by atoms with E-state index in [4.69, 9.17) is 0 Å². The van der Waals surface area contributed by atoms with Crippen molar-refractivity contribution in [2.45, 2.75) is 26.4 Å². The van der Waals surface area contributed by atoms with Crippen LogP contribution in [-0.2, 0) is 0 Å². The first-order chi connectivity index (χ1) is 9.38. The zero-order chi connectivity index (χ0) is 14.8. The zero-order valence-electron chi connectivity index (χ0n) is 11.9. The van der Waals surface area contributed by atoms with Gasteiger partial charge in [-0.1, -0.05) is 13.8 Å². The van der Waals surface area contributed by atoms with Crippen molar-refractivity contribution in [1.82, 2.24) is 4.98 Å². The van der Waals surface area contributed by atoms with E-state index in [1.165, 1.54) is 23.5 Å². The van der Waals surface area contributed by atoms with Gasteiger partial charge >= 0.3 is 0 Å². The summed E-state index contributed by atoms with van der Waals surface area (Å²) >= 11 is 1.47. The highest BCUT2D eigenvalue weighted by molar-refractivity contribution is 7.14. The van der Waals surface area contributed by atoms with Crippen LogP contribution < -0.4 is 5.32 Å². The van der Waals surface area contributed by atoms with Crippen LogP contribution in [0.1, 0.15) is 20.8 Å². The van der Waals surface area contributed by atoms with E-state index >= 15 is 0 Å². The quantitative estimate of drug-likeness (QED) is 0.882. The number of rotatable bonds is 5. The molecule has 3 nitrogen and oxygen atoms in total. The van der Waals surface area contributed by atoms with Gasteiger partial charge in [0.15, 0.2) is 5.13 Å². The van der Waals surface area contributed by atoms with Crippen molar-refractivity contribution in [3.05, 3.63) is 35.5 Å². The van der Waals surface area contributed by atoms with Crippen LogP contribution in [0.5, 0.6) is 0 Å². The predicted octanol–water partition coefficient (Wildman–Crippen LogP) is 3.77. The number of nitrogens with one attached hydrogen (secondary N) is 1. The SMILES string of the molecule is CC(C)C(C)(O)CNc1nc(-c2ccc(F)cc2)cs1. The average molecular weight is 294 g/mol. The molecule has 0 spiro atoms. The second-order valence-corrected chi connectivity index (χ2v) is 6.27. The number of aliphatic hydroxyl groups is 1. The molecule has 0 saturated carbocycles. The van der Waals surface area contributed by atoms with Gasteiger partial charge in [0.25, 0.3) is 0 Å². The van der Waals surface area contributed by atoms with E-state index in [2.05, 4.69) is 10.3 Å². The molecule has 0 aliphatic rings. The van der Waals surface area contributed by atoms with Gasteiger partial charge in [0.2, 0.25) is 0 Å². The molecule has 0 saturated heterocycles.